The highest BCUT2D eigenvalue weighted by Gasteiger charge is 2.23. The Hall–Kier alpha value is -3.83. The number of hydrogen-bond acceptors (Lipinski definition) is 7. The second-order valence-corrected chi connectivity index (χ2v) is 9.41. The minimum absolute atomic E-state index is 0.0541. The lowest BCUT2D eigenvalue weighted by molar-refractivity contribution is -0.0790. The topological polar surface area (TPSA) is 129 Å². The average Bonchev–Trinajstić information content (AvgIpc) is 3.17. The molecule has 0 unspecified atom stereocenters. The Kier molecular flexibility index (Phi) is 5.50. The van der Waals surface area contributed by atoms with Crippen LogP contribution in [0.4, 0.5) is 15.9 Å². The summed E-state index contributed by atoms with van der Waals surface area (Å²) in [5.41, 5.74) is 8.62. The van der Waals surface area contributed by atoms with Crippen molar-refractivity contribution < 1.29 is 27.0 Å². The van der Waals surface area contributed by atoms with Crippen molar-refractivity contribution in [2.75, 3.05) is 30.8 Å². The van der Waals surface area contributed by atoms with Crippen LogP contribution in [0, 0.1) is 5.82 Å². The number of H-pyrrole nitrogens is 1. The molecule has 176 valence electrons. The van der Waals surface area contributed by atoms with E-state index in [1.807, 2.05) is 12.1 Å². The largest absolute Gasteiger partial charge is 0.497 e. The molecule has 0 aliphatic carbocycles. The van der Waals surface area contributed by atoms with E-state index in [0.717, 1.165) is 23.3 Å². The van der Waals surface area contributed by atoms with Crippen molar-refractivity contribution in [1.29, 1.82) is 0 Å². The first-order valence-corrected chi connectivity index (χ1v) is 11.8. The van der Waals surface area contributed by atoms with Gasteiger partial charge < -0.3 is 19.9 Å². The van der Waals surface area contributed by atoms with Crippen LogP contribution in [0.2, 0.25) is 0 Å². The second-order valence-electron chi connectivity index (χ2n) is 7.76. The molecule has 0 bridgehead atoms. The molecule has 0 amide bonds. The third kappa shape index (κ3) is 4.11. The predicted molar refractivity (Wildman–Crippen MR) is 125 cm³/mol. The maximum absolute atomic E-state index is 14.2. The number of nitrogen functional groups attached to an aromatic ring is 1. The van der Waals surface area contributed by atoms with Crippen LogP contribution in [0.25, 0.3) is 22.0 Å². The number of hydrogen-bond donors (Lipinski definition) is 3. The highest BCUT2D eigenvalue weighted by Crippen LogP contribution is 2.36. The number of anilines is 2. The van der Waals surface area contributed by atoms with Crippen LogP contribution in [0.5, 0.6) is 11.5 Å². The molecule has 0 spiro atoms. The number of aromatic amines is 1. The molecular weight excluding hydrogens is 463 g/mol. The van der Waals surface area contributed by atoms with E-state index in [1.165, 1.54) is 13.2 Å². The van der Waals surface area contributed by atoms with Gasteiger partial charge in [-0.2, -0.15) is 5.10 Å². The SMILES string of the molecule is COc1ccc(F)c(S(=O)(=O)Nc2ccc(-c3cc(OC4COC4)c4c(N)n[nH]c4c3)cc2)c1. The summed E-state index contributed by atoms with van der Waals surface area (Å²) in [7, 11) is -2.78. The number of sulfonamides is 1. The number of rotatable bonds is 7. The summed E-state index contributed by atoms with van der Waals surface area (Å²) in [6, 6.07) is 14.0. The van der Waals surface area contributed by atoms with Gasteiger partial charge in [-0.3, -0.25) is 9.82 Å². The Morgan fingerprint density at radius 1 is 1.12 bits per heavy atom. The minimum atomic E-state index is -4.16. The molecule has 1 aliphatic rings. The molecule has 9 nitrogen and oxygen atoms in total. The van der Waals surface area contributed by atoms with Crippen molar-refractivity contribution >= 4 is 32.4 Å². The van der Waals surface area contributed by atoms with Crippen LogP contribution < -0.4 is 19.9 Å². The first-order chi connectivity index (χ1) is 16.3. The lowest BCUT2D eigenvalue weighted by atomic mass is 10.0. The number of aromatic nitrogens is 2. The van der Waals surface area contributed by atoms with E-state index < -0.39 is 20.7 Å². The average molecular weight is 485 g/mol. The van der Waals surface area contributed by atoms with Crippen molar-refractivity contribution in [2.24, 2.45) is 0 Å². The van der Waals surface area contributed by atoms with Crippen molar-refractivity contribution in [3.05, 3.63) is 60.4 Å². The van der Waals surface area contributed by atoms with Crippen LogP contribution >= 0.6 is 0 Å². The Morgan fingerprint density at radius 2 is 1.88 bits per heavy atom. The summed E-state index contributed by atoms with van der Waals surface area (Å²) >= 11 is 0. The molecule has 4 aromatic rings. The standard InChI is InChI=1S/C23H21FN4O5S/c1-31-16-6-7-18(24)21(10-16)34(29,30)28-15-4-2-13(3-5-15)14-8-19-22(23(25)27-26-19)20(9-14)33-17-11-32-12-17/h2-10,17,28H,11-12H2,1H3,(H3,25,26,27). The molecule has 4 N–H and O–H groups in total. The monoisotopic (exact) mass is 484 g/mol. The normalized spacial score (nSPS) is 14.1. The smallest absolute Gasteiger partial charge is 0.264 e. The molecule has 0 radical (unpaired) electrons. The molecule has 11 heteroatoms. The van der Waals surface area contributed by atoms with E-state index >= 15 is 0 Å². The van der Waals surface area contributed by atoms with E-state index in [2.05, 4.69) is 14.9 Å². The van der Waals surface area contributed by atoms with Crippen LogP contribution in [-0.2, 0) is 14.8 Å². The number of nitrogens with two attached hydrogens (primary N) is 1. The number of nitrogens with one attached hydrogen (secondary N) is 2. The number of ether oxygens (including phenoxy) is 3. The van der Waals surface area contributed by atoms with Gasteiger partial charge in [0.15, 0.2) is 5.82 Å². The van der Waals surface area contributed by atoms with E-state index in [9.17, 15) is 12.8 Å². The fraction of sp³-hybridized carbons (Fsp3) is 0.174. The summed E-state index contributed by atoms with van der Waals surface area (Å²) in [6.45, 7) is 1.01. The Morgan fingerprint density at radius 3 is 2.56 bits per heavy atom. The zero-order valence-corrected chi connectivity index (χ0v) is 18.9. The molecule has 1 aromatic heterocycles. The Bertz CT molecular complexity index is 1470. The lowest BCUT2D eigenvalue weighted by Gasteiger charge is -2.27. The quantitative estimate of drug-likeness (QED) is 0.366. The molecule has 2 heterocycles. The third-order valence-corrected chi connectivity index (χ3v) is 6.85. The van der Waals surface area contributed by atoms with Crippen molar-refractivity contribution in [3.63, 3.8) is 0 Å². The first kappa shape index (κ1) is 22.0. The first-order valence-electron chi connectivity index (χ1n) is 10.3. The van der Waals surface area contributed by atoms with Crippen molar-refractivity contribution in [3.8, 4) is 22.6 Å². The van der Waals surface area contributed by atoms with Gasteiger partial charge in [-0.25, -0.2) is 12.8 Å². The van der Waals surface area contributed by atoms with Gasteiger partial charge in [0.25, 0.3) is 10.0 Å². The van der Waals surface area contributed by atoms with Gasteiger partial charge in [0.05, 0.1) is 31.2 Å². The summed E-state index contributed by atoms with van der Waals surface area (Å²) in [5.74, 6) is 0.288. The fourth-order valence-corrected chi connectivity index (χ4v) is 4.78. The molecular formula is C23H21FN4O5S. The maximum Gasteiger partial charge on any atom is 0.264 e. The van der Waals surface area contributed by atoms with Gasteiger partial charge in [-0.15, -0.1) is 0 Å². The van der Waals surface area contributed by atoms with Gasteiger partial charge in [0.2, 0.25) is 0 Å². The van der Waals surface area contributed by atoms with Crippen molar-refractivity contribution in [2.45, 2.75) is 11.0 Å². The van der Waals surface area contributed by atoms with Crippen LogP contribution in [0.15, 0.2) is 59.5 Å². The number of nitrogens with zero attached hydrogens (tertiary/aromatic N) is 1. The Balaban J connectivity index is 1.43. The molecule has 34 heavy (non-hydrogen) atoms. The van der Waals surface area contributed by atoms with Gasteiger partial charge in [-0.05, 0) is 47.5 Å². The van der Waals surface area contributed by atoms with Gasteiger partial charge >= 0.3 is 0 Å². The molecule has 1 fully saturated rings. The van der Waals surface area contributed by atoms with Crippen LogP contribution in [0.3, 0.4) is 0 Å². The highest BCUT2D eigenvalue weighted by molar-refractivity contribution is 7.92. The number of halogens is 1. The zero-order valence-electron chi connectivity index (χ0n) is 18.0. The Labute approximate surface area is 194 Å². The number of fused-ring (bicyclic) bond motifs is 1. The van der Waals surface area contributed by atoms with Crippen molar-refractivity contribution in [1.82, 2.24) is 10.2 Å². The highest BCUT2D eigenvalue weighted by atomic mass is 32.2. The van der Waals surface area contributed by atoms with E-state index in [1.54, 1.807) is 24.3 Å². The molecule has 5 rings (SSSR count). The number of methoxy groups -OCH3 is 1. The number of benzene rings is 3. The molecule has 0 saturated carbocycles. The third-order valence-electron chi connectivity index (χ3n) is 5.45. The fourth-order valence-electron chi connectivity index (χ4n) is 3.62. The molecule has 1 saturated heterocycles. The zero-order chi connectivity index (χ0) is 23.9. The molecule has 1 aliphatic heterocycles. The molecule has 3 aromatic carbocycles. The maximum atomic E-state index is 14.2. The van der Waals surface area contributed by atoms with E-state index in [0.29, 0.717) is 35.7 Å². The van der Waals surface area contributed by atoms with Gasteiger partial charge in [0.1, 0.15) is 28.3 Å². The van der Waals surface area contributed by atoms with Crippen LogP contribution in [-0.4, -0.2) is 45.0 Å². The summed E-state index contributed by atoms with van der Waals surface area (Å²) in [5, 5.41) is 7.66. The molecule has 0 atom stereocenters. The predicted octanol–water partition coefficient (Wildman–Crippen LogP) is 3.54. The van der Waals surface area contributed by atoms with Crippen LogP contribution in [0.1, 0.15) is 0 Å². The van der Waals surface area contributed by atoms with E-state index in [4.69, 9.17) is 19.9 Å². The van der Waals surface area contributed by atoms with E-state index in [-0.39, 0.29) is 17.5 Å². The van der Waals surface area contributed by atoms with Gasteiger partial charge in [0, 0.05) is 11.8 Å². The minimum Gasteiger partial charge on any atom is -0.497 e. The summed E-state index contributed by atoms with van der Waals surface area (Å²) in [6.07, 6.45) is -0.0541. The summed E-state index contributed by atoms with van der Waals surface area (Å²) in [4.78, 5) is -0.500. The second kappa shape index (κ2) is 8.50. The lowest BCUT2D eigenvalue weighted by Crippen LogP contribution is -2.38. The van der Waals surface area contributed by atoms with Gasteiger partial charge in [-0.1, -0.05) is 12.1 Å². The summed E-state index contributed by atoms with van der Waals surface area (Å²) < 4.78 is 58.2.